The first-order valence-electron chi connectivity index (χ1n) is 6.13. The minimum absolute atomic E-state index is 0.116. The number of likely N-dealkylation sites (N-methyl/N-ethyl adjacent to an activating group) is 2. The predicted octanol–water partition coefficient (Wildman–Crippen LogP) is 1.82. The molecule has 0 aromatic heterocycles. The van der Waals surface area contributed by atoms with E-state index in [1.54, 1.807) is 11.9 Å². The number of nitrogens with zero attached hydrogens (tertiary/aromatic N) is 1. The van der Waals surface area contributed by atoms with Gasteiger partial charge in [-0.1, -0.05) is 37.6 Å². The molecule has 0 atom stereocenters. The van der Waals surface area contributed by atoms with Gasteiger partial charge in [0.15, 0.2) is 0 Å². The number of aryl methyl sites for hydroxylation is 1. The van der Waals surface area contributed by atoms with E-state index in [2.05, 4.69) is 36.5 Å². The second-order valence-corrected chi connectivity index (χ2v) is 4.35. The van der Waals surface area contributed by atoms with Crippen LogP contribution in [0.25, 0.3) is 0 Å². The molecule has 3 nitrogen and oxygen atoms in total. The molecule has 1 aromatic rings. The fourth-order valence-corrected chi connectivity index (χ4v) is 1.75. The second-order valence-electron chi connectivity index (χ2n) is 4.35. The van der Waals surface area contributed by atoms with Crippen LogP contribution in [0.5, 0.6) is 0 Å². The Labute approximate surface area is 104 Å². The summed E-state index contributed by atoms with van der Waals surface area (Å²) in [5.41, 5.74) is 2.54. The van der Waals surface area contributed by atoms with Gasteiger partial charge in [-0.3, -0.25) is 4.79 Å². The Morgan fingerprint density at radius 1 is 1.24 bits per heavy atom. The Morgan fingerprint density at radius 3 is 2.35 bits per heavy atom. The van der Waals surface area contributed by atoms with Gasteiger partial charge in [-0.25, -0.2) is 0 Å². The van der Waals surface area contributed by atoms with E-state index in [4.69, 9.17) is 0 Å². The normalized spacial score (nSPS) is 10.3. The van der Waals surface area contributed by atoms with Crippen LogP contribution in [0.3, 0.4) is 0 Å². The molecule has 94 valence electrons. The molecule has 0 radical (unpaired) electrons. The van der Waals surface area contributed by atoms with Crippen LogP contribution < -0.4 is 5.32 Å². The molecule has 0 unspecified atom stereocenters. The molecule has 1 amide bonds. The number of hydrogen-bond donors (Lipinski definition) is 1. The van der Waals surface area contributed by atoms with Gasteiger partial charge in [0.1, 0.15) is 0 Å². The van der Waals surface area contributed by atoms with Crippen molar-refractivity contribution in [2.45, 2.75) is 26.3 Å². The van der Waals surface area contributed by atoms with Gasteiger partial charge in [-0.05, 0) is 24.6 Å². The lowest BCUT2D eigenvalue weighted by molar-refractivity contribution is -0.129. The Kier molecular flexibility index (Phi) is 5.70. The molecule has 0 aliphatic heterocycles. The number of nitrogens with one attached hydrogen (secondary N) is 1. The fourth-order valence-electron chi connectivity index (χ4n) is 1.75. The average molecular weight is 234 g/mol. The minimum Gasteiger partial charge on any atom is -0.340 e. The summed E-state index contributed by atoms with van der Waals surface area (Å²) in [5.74, 6) is 0.116. The average Bonchev–Trinajstić information content (AvgIpc) is 2.32. The molecule has 0 aliphatic rings. The summed E-state index contributed by atoms with van der Waals surface area (Å²) >= 11 is 0. The van der Waals surface area contributed by atoms with Gasteiger partial charge >= 0.3 is 0 Å². The predicted molar refractivity (Wildman–Crippen MR) is 70.8 cm³/mol. The third-order valence-corrected chi connectivity index (χ3v) is 2.74. The van der Waals surface area contributed by atoms with Crippen LogP contribution in [0.2, 0.25) is 0 Å². The number of amides is 1. The molecule has 0 saturated heterocycles. The molecule has 3 heteroatoms. The van der Waals surface area contributed by atoms with Gasteiger partial charge < -0.3 is 10.2 Å². The molecule has 0 saturated carbocycles. The number of carbonyl (C=O) groups excluding carboxylic acids is 1. The maximum atomic E-state index is 11.6. The monoisotopic (exact) mass is 234 g/mol. The highest BCUT2D eigenvalue weighted by molar-refractivity contribution is 5.77. The van der Waals surface area contributed by atoms with Gasteiger partial charge in [-0.15, -0.1) is 0 Å². The zero-order valence-electron chi connectivity index (χ0n) is 11.0. The number of benzene rings is 1. The molecule has 17 heavy (non-hydrogen) atoms. The zero-order valence-corrected chi connectivity index (χ0v) is 11.0. The van der Waals surface area contributed by atoms with Gasteiger partial charge in [0.25, 0.3) is 0 Å². The van der Waals surface area contributed by atoms with Crippen molar-refractivity contribution in [3.8, 4) is 0 Å². The van der Waals surface area contributed by atoms with Crippen molar-refractivity contribution in [1.82, 2.24) is 10.2 Å². The molecular weight excluding hydrogens is 212 g/mol. The molecule has 1 rings (SSSR count). The Balaban J connectivity index is 2.53. The maximum absolute atomic E-state index is 11.6. The highest BCUT2D eigenvalue weighted by Crippen LogP contribution is 2.08. The van der Waals surface area contributed by atoms with Crippen LogP contribution in [0.4, 0.5) is 0 Å². The molecule has 0 bridgehead atoms. The highest BCUT2D eigenvalue weighted by Gasteiger charge is 2.07. The summed E-state index contributed by atoms with van der Waals surface area (Å²) < 4.78 is 0. The SMILES string of the molecule is CCCc1ccc(CN(C)C(=O)CNC)cc1. The molecule has 1 aromatic carbocycles. The second kappa shape index (κ2) is 7.07. The van der Waals surface area contributed by atoms with Gasteiger partial charge in [0.2, 0.25) is 5.91 Å². The third-order valence-electron chi connectivity index (χ3n) is 2.74. The Hall–Kier alpha value is -1.35. The summed E-state index contributed by atoms with van der Waals surface area (Å²) in [6.45, 7) is 3.25. The van der Waals surface area contributed by atoms with Crippen molar-refractivity contribution in [3.63, 3.8) is 0 Å². The quantitative estimate of drug-likeness (QED) is 0.814. The van der Waals surface area contributed by atoms with Crippen molar-refractivity contribution in [2.75, 3.05) is 20.6 Å². The lowest BCUT2D eigenvalue weighted by Crippen LogP contribution is -2.33. The van der Waals surface area contributed by atoms with Crippen molar-refractivity contribution in [3.05, 3.63) is 35.4 Å². The van der Waals surface area contributed by atoms with Crippen molar-refractivity contribution >= 4 is 5.91 Å². The molecular formula is C14H22N2O. The van der Waals surface area contributed by atoms with Crippen LogP contribution in [0.15, 0.2) is 24.3 Å². The van der Waals surface area contributed by atoms with Crippen LogP contribution >= 0.6 is 0 Å². The number of hydrogen-bond acceptors (Lipinski definition) is 2. The molecule has 1 N–H and O–H groups in total. The van der Waals surface area contributed by atoms with Crippen molar-refractivity contribution in [1.29, 1.82) is 0 Å². The van der Waals surface area contributed by atoms with Gasteiger partial charge in [0.05, 0.1) is 6.54 Å². The van der Waals surface area contributed by atoms with Crippen molar-refractivity contribution in [2.24, 2.45) is 0 Å². The first-order valence-corrected chi connectivity index (χ1v) is 6.13. The summed E-state index contributed by atoms with van der Waals surface area (Å²) in [7, 11) is 3.62. The molecule has 0 aliphatic carbocycles. The first-order chi connectivity index (χ1) is 8.17. The summed E-state index contributed by atoms with van der Waals surface area (Å²) in [5, 5.41) is 2.87. The molecule has 0 spiro atoms. The highest BCUT2D eigenvalue weighted by atomic mass is 16.2. The van der Waals surface area contributed by atoms with Gasteiger partial charge in [-0.2, -0.15) is 0 Å². The van der Waals surface area contributed by atoms with Crippen LogP contribution in [-0.2, 0) is 17.8 Å². The van der Waals surface area contributed by atoms with Crippen LogP contribution in [-0.4, -0.2) is 31.4 Å². The summed E-state index contributed by atoms with van der Waals surface area (Å²) in [6, 6.07) is 8.51. The number of rotatable bonds is 6. The van der Waals surface area contributed by atoms with Crippen molar-refractivity contribution < 1.29 is 4.79 Å². The Morgan fingerprint density at radius 2 is 1.82 bits per heavy atom. The topological polar surface area (TPSA) is 32.3 Å². The number of carbonyl (C=O) groups is 1. The molecule has 0 heterocycles. The largest absolute Gasteiger partial charge is 0.340 e. The van der Waals surface area contributed by atoms with Crippen LogP contribution in [0.1, 0.15) is 24.5 Å². The minimum atomic E-state index is 0.116. The van der Waals surface area contributed by atoms with Crippen LogP contribution in [0, 0.1) is 0 Å². The maximum Gasteiger partial charge on any atom is 0.236 e. The van der Waals surface area contributed by atoms with E-state index in [9.17, 15) is 4.79 Å². The zero-order chi connectivity index (χ0) is 12.7. The lowest BCUT2D eigenvalue weighted by atomic mass is 10.1. The van der Waals surface area contributed by atoms with E-state index in [1.807, 2.05) is 7.05 Å². The smallest absolute Gasteiger partial charge is 0.236 e. The first kappa shape index (κ1) is 13.7. The van der Waals surface area contributed by atoms with E-state index in [0.29, 0.717) is 13.1 Å². The fraction of sp³-hybridized carbons (Fsp3) is 0.500. The summed E-state index contributed by atoms with van der Waals surface area (Å²) in [4.78, 5) is 13.3. The van der Waals surface area contributed by atoms with E-state index >= 15 is 0 Å². The summed E-state index contributed by atoms with van der Waals surface area (Å²) in [6.07, 6.45) is 2.29. The van der Waals surface area contributed by atoms with E-state index in [1.165, 1.54) is 17.5 Å². The Bertz CT molecular complexity index is 346. The van der Waals surface area contributed by atoms with E-state index in [0.717, 1.165) is 6.42 Å². The molecule has 0 fully saturated rings. The van der Waals surface area contributed by atoms with E-state index < -0.39 is 0 Å². The third kappa shape index (κ3) is 4.57. The lowest BCUT2D eigenvalue weighted by Gasteiger charge is -2.17. The van der Waals surface area contributed by atoms with E-state index in [-0.39, 0.29) is 5.91 Å². The van der Waals surface area contributed by atoms with Gasteiger partial charge in [0, 0.05) is 13.6 Å². The standard InChI is InChI=1S/C14H22N2O/c1-4-5-12-6-8-13(9-7-12)11-16(3)14(17)10-15-2/h6-9,15H,4-5,10-11H2,1-3H3.